The van der Waals surface area contributed by atoms with Gasteiger partial charge in [-0.2, -0.15) is 0 Å². The van der Waals surface area contributed by atoms with Crippen molar-refractivity contribution in [3.63, 3.8) is 0 Å². The Labute approximate surface area is 149 Å². The van der Waals surface area contributed by atoms with Gasteiger partial charge in [0.05, 0.1) is 18.0 Å². The second-order valence-corrected chi connectivity index (χ2v) is 7.81. The topological polar surface area (TPSA) is 75.7 Å². The van der Waals surface area contributed by atoms with Crippen LogP contribution in [0.5, 0.6) is 5.75 Å². The van der Waals surface area contributed by atoms with E-state index in [0.29, 0.717) is 5.69 Å². The smallest absolute Gasteiger partial charge is 0.267 e. The third-order valence-corrected chi connectivity index (χ3v) is 5.66. The Kier molecular flexibility index (Phi) is 4.82. The van der Waals surface area contributed by atoms with Gasteiger partial charge in [-0.1, -0.05) is 12.1 Å². The molecule has 1 amide bonds. The molecule has 2 aromatic rings. The van der Waals surface area contributed by atoms with Gasteiger partial charge in [0.1, 0.15) is 5.75 Å². The quantitative estimate of drug-likeness (QED) is 0.882. The fraction of sp³-hybridized carbons (Fsp3) is 0.235. The minimum absolute atomic E-state index is 0.0428. The van der Waals surface area contributed by atoms with Crippen molar-refractivity contribution in [2.75, 3.05) is 21.9 Å². The Hall–Kier alpha value is -2.68. The molecule has 26 heavy (non-hydrogen) atoms. The average molecular weight is 382 g/mol. The summed E-state index contributed by atoms with van der Waals surface area (Å²) in [5, 5.41) is 2.41. The summed E-state index contributed by atoms with van der Waals surface area (Å²) in [5.74, 6) is -2.69. The lowest BCUT2D eigenvalue weighted by Gasteiger charge is -2.34. The number of rotatable bonds is 4. The number of halogens is 2. The molecular formula is C17H16F2N2O4S. The van der Waals surface area contributed by atoms with E-state index in [-0.39, 0.29) is 23.7 Å². The Morgan fingerprint density at radius 3 is 2.65 bits per heavy atom. The number of sulfonamides is 1. The van der Waals surface area contributed by atoms with Crippen molar-refractivity contribution < 1.29 is 26.7 Å². The number of fused-ring (bicyclic) bond motifs is 1. The molecule has 0 aliphatic carbocycles. The van der Waals surface area contributed by atoms with Crippen LogP contribution in [0.15, 0.2) is 42.5 Å². The predicted octanol–water partition coefficient (Wildman–Crippen LogP) is 2.52. The summed E-state index contributed by atoms with van der Waals surface area (Å²) in [5.41, 5.74) is 0.396. The van der Waals surface area contributed by atoms with Crippen LogP contribution in [0.3, 0.4) is 0 Å². The minimum Gasteiger partial charge on any atom is -0.476 e. The van der Waals surface area contributed by atoms with E-state index in [2.05, 4.69) is 5.32 Å². The second kappa shape index (κ2) is 6.91. The molecule has 138 valence electrons. The van der Waals surface area contributed by atoms with Crippen molar-refractivity contribution >= 4 is 27.3 Å². The number of benzene rings is 2. The fourth-order valence-corrected chi connectivity index (χ4v) is 3.68. The summed E-state index contributed by atoms with van der Waals surface area (Å²) in [4.78, 5) is 12.5. The molecule has 0 aromatic heterocycles. The number of nitrogens with zero attached hydrogens (tertiary/aromatic N) is 1. The molecule has 1 N–H and O–H groups in total. The summed E-state index contributed by atoms with van der Waals surface area (Å²) in [6, 6.07) is 9.40. The zero-order chi connectivity index (χ0) is 18.9. The maximum atomic E-state index is 13.3. The maximum absolute atomic E-state index is 13.3. The Balaban J connectivity index is 1.87. The third kappa shape index (κ3) is 3.48. The van der Waals surface area contributed by atoms with Gasteiger partial charge >= 0.3 is 0 Å². The highest BCUT2D eigenvalue weighted by molar-refractivity contribution is 7.92. The van der Waals surface area contributed by atoms with Gasteiger partial charge in [-0.3, -0.25) is 9.10 Å². The SMILES string of the molecule is CCS(=O)(=O)N1CC(C(=O)Nc2ccc(F)c(F)c2)Oc2ccccc21. The summed E-state index contributed by atoms with van der Waals surface area (Å²) in [7, 11) is -3.62. The molecule has 0 saturated carbocycles. The zero-order valence-electron chi connectivity index (χ0n) is 13.8. The molecule has 0 saturated heterocycles. The first-order valence-electron chi connectivity index (χ1n) is 7.84. The van der Waals surface area contributed by atoms with E-state index in [4.69, 9.17) is 4.74 Å². The second-order valence-electron chi connectivity index (χ2n) is 5.62. The van der Waals surface area contributed by atoms with Crippen LogP contribution in [-0.2, 0) is 14.8 Å². The first-order valence-corrected chi connectivity index (χ1v) is 9.44. The lowest BCUT2D eigenvalue weighted by Crippen LogP contribution is -2.49. The number of anilines is 2. The number of ether oxygens (including phenoxy) is 1. The lowest BCUT2D eigenvalue weighted by atomic mass is 10.2. The van der Waals surface area contributed by atoms with Gasteiger partial charge in [-0.25, -0.2) is 17.2 Å². The van der Waals surface area contributed by atoms with Gasteiger partial charge in [-0.05, 0) is 31.2 Å². The van der Waals surface area contributed by atoms with E-state index in [0.717, 1.165) is 16.4 Å². The molecule has 1 aliphatic rings. The van der Waals surface area contributed by atoms with Crippen molar-refractivity contribution in [1.82, 2.24) is 0 Å². The summed E-state index contributed by atoms with van der Waals surface area (Å²) in [6.45, 7) is 1.28. The molecule has 3 rings (SSSR count). The van der Waals surface area contributed by atoms with Crippen molar-refractivity contribution in [2.24, 2.45) is 0 Å². The summed E-state index contributed by atoms with van der Waals surface area (Å²) < 4.78 is 57.8. The minimum atomic E-state index is -3.62. The number of amides is 1. The van der Waals surface area contributed by atoms with E-state index >= 15 is 0 Å². The number of carbonyl (C=O) groups is 1. The van der Waals surface area contributed by atoms with E-state index in [1.165, 1.54) is 13.0 Å². The predicted molar refractivity (Wildman–Crippen MR) is 92.7 cm³/mol. The van der Waals surface area contributed by atoms with Gasteiger partial charge in [-0.15, -0.1) is 0 Å². The van der Waals surface area contributed by atoms with Crippen LogP contribution < -0.4 is 14.4 Å². The third-order valence-electron chi connectivity index (χ3n) is 3.91. The average Bonchev–Trinajstić information content (AvgIpc) is 2.63. The zero-order valence-corrected chi connectivity index (χ0v) is 14.6. The normalized spacial score (nSPS) is 16.6. The lowest BCUT2D eigenvalue weighted by molar-refractivity contribution is -0.122. The van der Waals surface area contributed by atoms with E-state index in [1.807, 2.05) is 0 Å². The molecule has 0 bridgehead atoms. The van der Waals surface area contributed by atoms with Crippen LogP contribution >= 0.6 is 0 Å². The molecular weight excluding hydrogens is 366 g/mol. The van der Waals surface area contributed by atoms with Gasteiger partial charge in [0.25, 0.3) is 5.91 Å². The van der Waals surface area contributed by atoms with Gasteiger partial charge in [0.15, 0.2) is 17.7 Å². The monoisotopic (exact) mass is 382 g/mol. The van der Waals surface area contributed by atoms with Crippen molar-refractivity contribution in [3.8, 4) is 5.75 Å². The standard InChI is InChI=1S/C17H16F2N2O4S/c1-2-26(23,24)21-10-16(25-15-6-4-3-5-14(15)21)17(22)20-11-7-8-12(18)13(19)9-11/h3-9,16H,2,10H2,1H3,(H,20,22). The molecule has 9 heteroatoms. The number of carbonyl (C=O) groups excluding carboxylic acids is 1. The van der Waals surface area contributed by atoms with E-state index in [9.17, 15) is 22.0 Å². The maximum Gasteiger partial charge on any atom is 0.267 e. The van der Waals surface area contributed by atoms with Crippen molar-refractivity contribution in [2.45, 2.75) is 13.0 Å². The van der Waals surface area contributed by atoms with E-state index < -0.39 is 33.7 Å². The number of hydrogen-bond acceptors (Lipinski definition) is 4. The molecule has 0 radical (unpaired) electrons. The van der Waals surface area contributed by atoms with Gasteiger partial charge in [0, 0.05) is 11.8 Å². The number of nitrogens with one attached hydrogen (secondary N) is 1. The van der Waals surface area contributed by atoms with Crippen molar-refractivity contribution in [3.05, 3.63) is 54.1 Å². The van der Waals surface area contributed by atoms with Crippen LogP contribution in [0.2, 0.25) is 0 Å². The fourth-order valence-electron chi connectivity index (χ4n) is 2.55. The van der Waals surface area contributed by atoms with Crippen LogP contribution in [0.1, 0.15) is 6.92 Å². The Bertz CT molecular complexity index is 950. The summed E-state index contributed by atoms with van der Waals surface area (Å²) in [6.07, 6.45) is -1.14. The molecule has 1 heterocycles. The molecule has 1 atom stereocenters. The molecule has 0 fully saturated rings. The van der Waals surface area contributed by atoms with Crippen molar-refractivity contribution in [1.29, 1.82) is 0 Å². The van der Waals surface area contributed by atoms with Crippen LogP contribution in [0, 0.1) is 11.6 Å². The first-order chi connectivity index (χ1) is 12.3. The Morgan fingerprint density at radius 2 is 1.96 bits per heavy atom. The number of hydrogen-bond donors (Lipinski definition) is 1. The highest BCUT2D eigenvalue weighted by Crippen LogP contribution is 2.35. The first kappa shape index (κ1) is 18.1. The molecule has 0 spiro atoms. The van der Waals surface area contributed by atoms with Gasteiger partial charge < -0.3 is 10.1 Å². The largest absolute Gasteiger partial charge is 0.476 e. The van der Waals surface area contributed by atoms with Crippen LogP contribution in [0.4, 0.5) is 20.2 Å². The Morgan fingerprint density at radius 1 is 1.23 bits per heavy atom. The molecule has 2 aromatic carbocycles. The molecule has 1 aliphatic heterocycles. The molecule has 6 nitrogen and oxygen atoms in total. The highest BCUT2D eigenvalue weighted by atomic mass is 32.2. The van der Waals surface area contributed by atoms with Gasteiger partial charge in [0.2, 0.25) is 10.0 Å². The molecule has 1 unspecified atom stereocenters. The van der Waals surface area contributed by atoms with Crippen LogP contribution in [0.25, 0.3) is 0 Å². The van der Waals surface area contributed by atoms with E-state index in [1.54, 1.807) is 24.3 Å². The highest BCUT2D eigenvalue weighted by Gasteiger charge is 2.35. The summed E-state index contributed by atoms with van der Waals surface area (Å²) >= 11 is 0. The number of para-hydroxylation sites is 2. The van der Waals surface area contributed by atoms with Crippen LogP contribution in [-0.4, -0.2) is 32.7 Å².